The molecule has 0 bridgehead atoms. The Morgan fingerprint density at radius 2 is 2.15 bits per heavy atom. The van der Waals surface area contributed by atoms with Crippen LogP contribution in [0, 0.1) is 24.2 Å². The first-order valence-corrected chi connectivity index (χ1v) is 10.5. The van der Waals surface area contributed by atoms with E-state index in [-0.39, 0.29) is 12.5 Å². The first kappa shape index (κ1) is 18.6. The van der Waals surface area contributed by atoms with Crippen LogP contribution in [0.3, 0.4) is 0 Å². The Balaban J connectivity index is 1.71. The molecule has 1 aliphatic rings. The number of amides is 1. The fraction of sp³-hybridized carbons (Fsp3) is 0.333. The minimum atomic E-state index is -3.56. The van der Waals surface area contributed by atoms with Crippen LogP contribution in [0.1, 0.15) is 23.3 Å². The Bertz CT molecular complexity index is 960. The number of hydrogen-bond acceptors (Lipinski definition) is 5. The molecule has 1 aromatic heterocycles. The molecule has 0 saturated carbocycles. The number of carbonyl (C=O) groups is 1. The lowest BCUT2D eigenvalue weighted by Crippen LogP contribution is -2.43. The second-order valence-corrected chi connectivity index (χ2v) is 9.70. The van der Waals surface area contributed by atoms with Crippen molar-refractivity contribution in [1.29, 1.82) is 5.26 Å². The Kier molecular flexibility index (Phi) is 5.41. The number of rotatable bonds is 4. The summed E-state index contributed by atoms with van der Waals surface area (Å²) in [6.45, 7) is 2.46. The van der Waals surface area contributed by atoms with E-state index in [4.69, 9.17) is 5.26 Å². The van der Waals surface area contributed by atoms with Gasteiger partial charge in [0.25, 0.3) is 10.0 Å². The second kappa shape index (κ2) is 7.58. The van der Waals surface area contributed by atoms with Gasteiger partial charge in [-0.2, -0.15) is 9.57 Å². The summed E-state index contributed by atoms with van der Waals surface area (Å²) < 4.78 is 27.3. The fourth-order valence-corrected chi connectivity index (χ4v) is 5.92. The Morgan fingerprint density at radius 1 is 1.35 bits per heavy atom. The number of carbonyl (C=O) groups excluding carboxylic acids is 1. The molecule has 3 rings (SSSR count). The number of sulfonamides is 1. The Morgan fingerprint density at radius 3 is 2.85 bits per heavy atom. The number of nitrogens with zero attached hydrogens (tertiary/aromatic N) is 2. The maximum Gasteiger partial charge on any atom is 0.252 e. The van der Waals surface area contributed by atoms with E-state index >= 15 is 0 Å². The molecule has 1 fully saturated rings. The van der Waals surface area contributed by atoms with Crippen molar-refractivity contribution < 1.29 is 13.2 Å². The van der Waals surface area contributed by atoms with Crippen molar-refractivity contribution in [3.63, 3.8) is 0 Å². The molecule has 1 unspecified atom stereocenters. The van der Waals surface area contributed by atoms with Crippen LogP contribution in [0.2, 0.25) is 0 Å². The van der Waals surface area contributed by atoms with Crippen LogP contribution >= 0.6 is 11.3 Å². The average molecular weight is 390 g/mol. The van der Waals surface area contributed by atoms with Crippen LogP contribution in [0.25, 0.3) is 0 Å². The van der Waals surface area contributed by atoms with Gasteiger partial charge in [0.15, 0.2) is 0 Å². The molecule has 2 heterocycles. The summed E-state index contributed by atoms with van der Waals surface area (Å²) in [5.74, 6) is -0.632. The number of hydrogen-bond donors (Lipinski definition) is 1. The van der Waals surface area contributed by atoms with E-state index in [9.17, 15) is 13.2 Å². The highest BCUT2D eigenvalue weighted by Crippen LogP contribution is 2.28. The first-order valence-electron chi connectivity index (χ1n) is 8.28. The zero-order chi connectivity index (χ0) is 18.7. The van der Waals surface area contributed by atoms with Crippen molar-refractivity contribution >= 4 is 33.0 Å². The van der Waals surface area contributed by atoms with Crippen LogP contribution < -0.4 is 5.32 Å². The fourth-order valence-electron chi connectivity index (χ4n) is 2.96. The molecule has 0 radical (unpaired) electrons. The predicted octanol–water partition coefficient (Wildman–Crippen LogP) is 2.97. The topological polar surface area (TPSA) is 90.3 Å². The van der Waals surface area contributed by atoms with Crippen molar-refractivity contribution in [2.45, 2.75) is 24.0 Å². The summed E-state index contributed by atoms with van der Waals surface area (Å²) in [4.78, 5) is 13.5. The van der Waals surface area contributed by atoms with E-state index in [1.807, 2.05) is 13.0 Å². The van der Waals surface area contributed by atoms with Crippen molar-refractivity contribution in [1.82, 2.24) is 4.31 Å². The van der Waals surface area contributed by atoms with Gasteiger partial charge in [-0.25, -0.2) is 8.42 Å². The smallest absolute Gasteiger partial charge is 0.252 e. The van der Waals surface area contributed by atoms with Gasteiger partial charge in [0, 0.05) is 23.7 Å². The monoisotopic (exact) mass is 389 g/mol. The van der Waals surface area contributed by atoms with Gasteiger partial charge < -0.3 is 5.32 Å². The van der Waals surface area contributed by atoms with Crippen LogP contribution in [0.4, 0.5) is 5.69 Å². The molecule has 0 aliphatic carbocycles. The molecule has 6 nitrogen and oxygen atoms in total. The van der Waals surface area contributed by atoms with Crippen LogP contribution in [-0.2, 0) is 14.8 Å². The lowest BCUT2D eigenvalue weighted by atomic mass is 9.98. The van der Waals surface area contributed by atoms with Crippen molar-refractivity contribution in [3.05, 3.63) is 46.8 Å². The SMILES string of the molecule is Cc1ccc(S(=O)(=O)N2CCCC(C(=O)Nc3cccc(C#N)c3)C2)s1. The quantitative estimate of drug-likeness (QED) is 0.870. The van der Waals surface area contributed by atoms with E-state index in [0.29, 0.717) is 34.8 Å². The number of nitrogens with one attached hydrogen (secondary N) is 1. The standard InChI is InChI=1S/C18H19N3O3S2/c1-13-7-8-17(25-13)26(23,24)21-9-3-5-15(12-21)18(22)20-16-6-2-4-14(10-16)11-19/h2,4,6-8,10,15H,3,5,9,12H2,1H3,(H,20,22). The summed E-state index contributed by atoms with van der Waals surface area (Å²) >= 11 is 1.24. The van der Waals surface area contributed by atoms with E-state index in [1.165, 1.54) is 15.6 Å². The van der Waals surface area contributed by atoms with Gasteiger partial charge >= 0.3 is 0 Å². The molecular weight excluding hydrogens is 370 g/mol. The van der Waals surface area contributed by atoms with Crippen molar-refractivity contribution in [3.8, 4) is 6.07 Å². The first-order chi connectivity index (χ1) is 12.4. The zero-order valence-corrected chi connectivity index (χ0v) is 15.9. The molecule has 1 N–H and O–H groups in total. The molecule has 1 aliphatic heterocycles. The van der Waals surface area contributed by atoms with Crippen LogP contribution in [0.5, 0.6) is 0 Å². The van der Waals surface area contributed by atoms with Crippen LogP contribution in [0.15, 0.2) is 40.6 Å². The maximum absolute atomic E-state index is 12.8. The number of nitriles is 1. The highest BCUT2D eigenvalue weighted by atomic mass is 32.2. The minimum absolute atomic E-state index is 0.170. The average Bonchev–Trinajstić information content (AvgIpc) is 3.09. The van der Waals surface area contributed by atoms with E-state index in [2.05, 4.69) is 5.32 Å². The Hall–Kier alpha value is -2.21. The molecule has 136 valence electrons. The third kappa shape index (κ3) is 3.96. The molecule has 8 heteroatoms. The largest absolute Gasteiger partial charge is 0.326 e. The number of benzene rings is 1. The highest BCUT2D eigenvalue weighted by Gasteiger charge is 2.34. The summed E-state index contributed by atoms with van der Waals surface area (Å²) in [5.41, 5.74) is 1.01. The van der Waals surface area contributed by atoms with Gasteiger partial charge in [-0.05, 0) is 50.1 Å². The number of piperidine rings is 1. The summed E-state index contributed by atoms with van der Waals surface area (Å²) in [5, 5.41) is 11.7. The third-order valence-electron chi connectivity index (χ3n) is 4.32. The normalized spacial score (nSPS) is 18.2. The van der Waals surface area contributed by atoms with Gasteiger partial charge in [-0.3, -0.25) is 4.79 Å². The minimum Gasteiger partial charge on any atom is -0.326 e. The molecule has 26 heavy (non-hydrogen) atoms. The van der Waals surface area contributed by atoms with Gasteiger partial charge in [-0.15, -0.1) is 11.3 Å². The van der Waals surface area contributed by atoms with Gasteiger partial charge in [0.2, 0.25) is 5.91 Å². The van der Waals surface area contributed by atoms with Crippen LogP contribution in [-0.4, -0.2) is 31.7 Å². The molecule has 1 atom stereocenters. The summed E-state index contributed by atoms with van der Waals surface area (Å²) in [6.07, 6.45) is 1.28. The lowest BCUT2D eigenvalue weighted by molar-refractivity contribution is -0.120. The number of anilines is 1. The highest BCUT2D eigenvalue weighted by molar-refractivity contribution is 7.91. The molecule has 1 saturated heterocycles. The third-order valence-corrected chi connectivity index (χ3v) is 7.66. The maximum atomic E-state index is 12.8. The van der Waals surface area contributed by atoms with Gasteiger partial charge in [-0.1, -0.05) is 6.07 Å². The Labute approximate surface area is 157 Å². The van der Waals surface area contributed by atoms with E-state index in [0.717, 1.165) is 4.88 Å². The summed E-state index contributed by atoms with van der Waals surface area (Å²) in [7, 11) is -3.56. The van der Waals surface area contributed by atoms with Gasteiger partial charge in [0.05, 0.1) is 17.6 Å². The van der Waals surface area contributed by atoms with E-state index in [1.54, 1.807) is 36.4 Å². The summed E-state index contributed by atoms with van der Waals surface area (Å²) in [6, 6.07) is 12.1. The molecule has 2 aromatic rings. The second-order valence-electron chi connectivity index (χ2n) is 6.25. The number of thiophene rings is 1. The predicted molar refractivity (Wildman–Crippen MR) is 100 cm³/mol. The van der Waals surface area contributed by atoms with Crippen molar-refractivity contribution in [2.24, 2.45) is 5.92 Å². The number of aryl methyl sites for hydroxylation is 1. The van der Waals surface area contributed by atoms with Crippen molar-refractivity contribution in [2.75, 3.05) is 18.4 Å². The lowest BCUT2D eigenvalue weighted by Gasteiger charge is -2.30. The zero-order valence-electron chi connectivity index (χ0n) is 14.3. The molecule has 1 amide bonds. The molecule has 0 spiro atoms. The molecule has 1 aromatic carbocycles. The van der Waals surface area contributed by atoms with E-state index < -0.39 is 15.9 Å². The van der Waals surface area contributed by atoms with Gasteiger partial charge in [0.1, 0.15) is 4.21 Å². The molecular formula is C18H19N3O3S2.